The molecule has 2 rings (SSSR count). The lowest BCUT2D eigenvalue weighted by Crippen LogP contribution is -2.28. The van der Waals surface area contributed by atoms with Crippen LogP contribution in [0.2, 0.25) is 0 Å². The fraction of sp³-hybridized carbons (Fsp3) is 0.167. The largest absolute Gasteiger partial charge is 0.271 e. The van der Waals surface area contributed by atoms with Crippen molar-refractivity contribution in [2.24, 2.45) is 5.84 Å². The highest BCUT2D eigenvalue weighted by atomic mass is 32.1. The van der Waals surface area contributed by atoms with Gasteiger partial charge < -0.3 is 0 Å². The van der Waals surface area contributed by atoms with Crippen molar-refractivity contribution in [1.82, 2.24) is 5.43 Å². The first-order valence-electron chi connectivity index (χ1n) is 4.98. The van der Waals surface area contributed by atoms with Crippen LogP contribution in [0.25, 0.3) is 0 Å². The molecule has 0 radical (unpaired) electrons. The van der Waals surface area contributed by atoms with Crippen LogP contribution in [0.5, 0.6) is 0 Å². The summed E-state index contributed by atoms with van der Waals surface area (Å²) in [7, 11) is 0. The molecule has 0 aliphatic carbocycles. The topological polar surface area (TPSA) is 38.0 Å². The van der Waals surface area contributed by atoms with E-state index in [9.17, 15) is 4.39 Å². The number of halogens is 1. The van der Waals surface area contributed by atoms with Gasteiger partial charge in [0.25, 0.3) is 0 Å². The molecule has 1 heterocycles. The fourth-order valence-corrected chi connectivity index (χ4v) is 2.51. The Balaban J connectivity index is 2.44. The monoisotopic (exact) mass is 236 g/mol. The SMILES string of the molecule is Cc1ccc(F)cc1C(NN)c1cccs1. The van der Waals surface area contributed by atoms with Crippen molar-refractivity contribution >= 4 is 11.3 Å². The third-order valence-electron chi connectivity index (χ3n) is 2.55. The number of nitrogens with one attached hydrogen (secondary N) is 1. The van der Waals surface area contributed by atoms with Crippen LogP contribution in [0.4, 0.5) is 4.39 Å². The Morgan fingerprint density at radius 2 is 2.19 bits per heavy atom. The van der Waals surface area contributed by atoms with Gasteiger partial charge in [-0.15, -0.1) is 11.3 Å². The van der Waals surface area contributed by atoms with Gasteiger partial charge in [-0.1, -0.05) is 12.1 Å². The molecule has 4 heteroatoms. The number of thiophene rings is 1. The maximum atomic E-state index is 13.2. The molecule has 2 aromatic rings. The molecule has 0 saturated heterocycles. The zero-order chi connectivity index (χ0) is 11.5. The molecule has 3 N–H and O–H groups in total. The van der Waals surface area contributed by atoms with Crippen LogP contribution in [0.15, 0.2) is 35.7 Å². The van der Waals surface area contributed by atoms with Gasteiger partial charge in [0.1, 0.15) is 5.82 Å². The Bertz CT molecular complexity index is 468. The Labute approximate surface area is 97.9 Å². The first-order valence-corrected chi connectivity index (χ1v) is 5.86. The van der Waals surface area contributed by atoms with Crippen molar-refractivity contribution in [2.45, 2.75) is 13.0 Å². The predicted octanol–water partition coefficient (Wildman–Crippen LogP) is 2.75. The normalized spacial score (nSPS) is 12.7. The summed E-state index contributed by atoms with van der Waals surface area (Å²) in [6.07, 6.45) is 0. The fourth-order valence-electron chi connectivity index (χ4n) is 1.70. The van der Waals surface area contributed by atoms with Gasteiger partial charge in [0, 0.05) is 4.88 Å². The average Bonchev–Trinajstić information content (AvgIpc) is 2.78. The van der Waals surface area contributed by atoms with E-state index in [-0.39, 0.29) is 11.9 Å². The molecule has 84 valence electrons. The van der Waals surface area contributed by atoms with Crippen molar-refractivity contribution in [2.75, 3.05) is 0 Å². The third kappa shape index (κ3) is 2.14. The van der Waals surface area contributed by atoms with Crippen molar-refractivity contribution in [3.8, 4) is 0 Å². The first-order chi connectivity index (χ1) is 7.72. The molecule has 1 aromatic carbocycles. The number of hydrogen-bond donors (Lipinski definition) is 2. The van der Waals surface area contributed by atoms with Crippen molar-refractivity contribution in [3.63, 3.8) is 0 Å². The summed E-state index contributed by atoms with van der Waals surface area (Å²) in [5.74, 6) is 5.31. The number of nitrogens with two attached hydrogens (primary N) is 1. The molecule has 2 nitrogen and oxygen atoms in total. The Hall–Kier alpha value is -1.23. The minimum absolute atomic E-state index is 0.143. The van der Waals surface area contributed by atoms with Gasteiger partial charge in [-0.2, -0.15) is 0 Å². The third-order valence-corrected chi connectivity index (χ3v) is 3.48. The van der Waals surface area contributed by atoms with Crippen LogP contribution in [-0.4, -0.2) is 0 Å². The second-order valence-electron chi connectivity index (χ2n) is 3.62. The van der Waals surface area contributed by atoms with Crippen LogP contribution in [0, 0.1) is 12.7 Å². The van der Waals surface area contributed by atoms with Crippen LogP contribution in [-0.2, 0) is 0 Å². The van der Waals surface area contributed by atoms with E-state index in [2.05, 4.69) is 5.43 Å². The number of rotatable bonds is 3. The van der Waals surface area contributed by atoms with Crippen LogP contribution in [0.3, 0.4) is 0 Å². The summed E-state index contributed by atoms with van der Waals surface area (Å²) < 4.78 is 13.2. The van der Waals surface area contributed by atoms with Crippen molar-refractivity contribution < 1.29 is 4.39 Å². The molecule has 0 aliphatic heterocycles. The van der Waals surface area contributed by atoms with Crippen LogP contribution < -0.4 is 11.3 Å². The van der Waals surface area contributed by atoms with E-state index in [4.69, 9.17) is 5.84 Å². The average molecular weight is 236 g/mol. The molecule has 0 saturated carbocycles. The summed E-state index contributed by atoms with van der Waals surface area (Å²) >= 11 is 1.60. The zero-order valence-electron chi connectivity index (χ0n) is 8.91. The number of aryl methyl sites for hydroxylation is 1. The maximum Gasteiger partial charge on any atom is 0.123 e. The zero-order valence-corrected chi connectivity index (χ0v) is 9.72. The van der Waals surface area contributed by atoms with E-state index in [0.29, 0.717) is 0 Å². The standard InChI is InChI=1S/C12H13FN2S/c1-8-4-5-9(13)7-10(8)12(15-14)11-3-2-6-16-11/h2-7,12,15H,14H2,1H3. The molecule has 0 aliphatic rings. The molecule has 1 aromatic heterocycles. The maximum absolute atomic E-state index is 13.2. The molecular weight excluding hydrogens is 223 g/mol. The van der Waals surface area contributed by atoms with Crippen molar-refractivity contribution in [3.05, 3.63) is 57.5 Å². The summed E-state index contributed by atoms with van der Waals surface area (Å²) in [5, 5.41) is 1.98. The molecule has 16 heavy (non-hydrogen) atoms. The van der Waals surface area contributed by atoms with Crippen molar-refractivity contribution in [1.29, 1.82) is 0 Å². The smallest absolute Gasteiger partial charge is 0.123 e. The summed E-state index contributed by atoms with van der Waals surface area (Å²) in [6, 6.07) is 8.55. The number of benzene rings is 1. The van der Waals surface area contributed by atoms with Gasteiger partial charge in [0.2, 0.25) is 0 Å². The van der Waals surface area contributed by atoms with E-state index in [1.165, 1.54) is 12.1 Å². The lowest BCUT2D eigenvalue weighted by Gasteiger charge is -2.17. The van der Waals surface area contributed by atoms with E-state index in [1.54, 1.807) is 17.4 Å². The lowest BCUT2D eigenvalue weighted by atomic mass is 10.0. The number of hydrogen-bond acceptors (Lipinski definition) is 3. The molecule has 0 spiro atoms. The first kappa shape index (κ1) is 11.3. The van der Waals surface area contributed by atoms with Gasteiger partial charge in [-0.25, -0.2) is 9.82 Å². The van der Waals surface area contributed by atoms with E-state index in [0.717, 1.165) is 16.0 Å². The second kappa shape index (κ2) is 4.74. The van der Waals surface area contributed by atoms with Gasteiger partial charge in [-0.05, 0) is 41.6 Å². The molecular formula is C12H13FN2S. The van der Waals surface area contributed by atoms with Gasteiger partial charge in [0.05, 0.1) is 6.04 Å². The van der Waals surface area contributed by atoms with Gasteiger partial charge in [-0.3, -0.25) is 5.84 Å². The molecule has 0 amide bonds. The highest BCUT2D eigenvalue weighted by Gasteiger charge is 2.15. The highest BCUT2D eigenvalue weighted by Crippen LogP contribution is 2.27. The highest BCUT2D eigenvalue weighted by molar-refractivity contribution is 7.10. The molecule has 0 fully saturated rings. The quantitative estimate of drug-likeness (QED) is 0.635. The molecule has 1 atom stereocenters. The van der Waals surface area contributed by atoms with Crippen LogP contribution in [0.1, 0.15) is 22.0 Å². The Morgan fingerprint density at radius 3 is 2.81 bits per heavy atom. The summed E-state index contributed by atoms with van der Waals surface area (Å²) in [5.41, 5.74) is 4.64. The minimum Gasteiger partial charge on any atom is -0.271 e. The van der Waals surface area contributed by atoms with E-state index < -0.39 is 0 Å². The Kier molecular flexibility index (Phi) is 3.33. The van der Waals surface area contributed by atoms with Gasteiger partial charge >= 0.3 is 0 Å². The lowest BCUT2D eigenvalue weighted by molar-refractivity contribution is 0.606. The Morgan fingerprint density at radius 1 is 1.38 bits per heavy atom. The summed E-state index contributed by atoms with van der Waals surface area (Å²) in [4.78, 5) is 1.08. The number of hydrazine groups is 1. The van der Waals surface area contributed by atoms with Gasteiger partial charge in [0.15, 0.2) is 0 Å². The molecule has 1 unspecified atom stereocenters. The van der Waals surface area contributed by atoms with Crippen LogP contribution >= 0.6 is 11.3 Å². The second-order valence-corrected chi connectivity index (χ2v) is 4.60. The summed E-state index contributed by atoms with van der Waals surface area (Å²) in [6.45, 7) is 1.95. The van der Waals surface area contributed by atoms with E-state index >= 15 is 0 Å². The predicted molar refractivity (Wildman–Crippen MR) is 64.6 cm³/mol. The molecule has 0 bridgehead atoms. The minimum atomic E-state index is -0.239. The van der Waals surface area contributed by atoms with E-state index in [1.807, 2.05) is 24.4 Å².